The maximum Gasteiger partial charge on any atom is 0.311 e. The molecule has 1 saturated heterocycles. The maximum absolute atomic E-state index is 11.2. The fraction of sp³-hybridized carbons (Fsp3) is 0.909. The summed E-state index contributed by atoms with van der Waals surface area (Å²) in [6.45, 7) is 3.79. The maximum atomic E-state index is 11.2. The summed E-state index contributed by atoms with van der Waals surface area (Å²) < 4.78 is 15.1. The van der Waals surface area contributed by atoms with Gasteiger partial charge in [0.15, 0.2) is 5.79 Å². The predicted octanol–water partition coefficient (Wildman–Crippen LogP) is -0.186. The molecule has 0 aliphatic carbocycles. The molecule has 6 heteroatoms. The first kappa shape index (κ1) is 14.4. The molecule has 0 aromatic carbocycles. The topological polar surface area (TPSA) is 85.2 Å². The van der Waals surface area contributed by atoms with Crippen molar-refractivity contribution in [3.63, 3.8) is 0 Å². The van der Waals surface area contributed by atoms with Gasteiger partial charge in [0.1, 0.15) is 0 Å². The Labute approximate surface area is 100 Å². The molecule has 17 heavy (non-hydrogen) atoms. The molecule has 3 atom stereocenters. The van der Waals surface area contributed by atoms with Crippen molar-refractivity contribution in [2.75, 3.05) is 19.8 Å². The number of hydrogen-bond donors (Lipinski definition) is 2. The van der Waals surface area contributed by atoms with E-state index >= 15 is 0 Å². The molecule has 2 N–H and O–H groups in total. The summed E-state index contributed by atoms with van der Waals surface area (Å²) in [5, 5.41) is 19.0. The van der Waals surface area contributed by atoms with Crippen LogP contribution in [0.1, 0.15) is 26.7 Å². The van der Waals surface area contributed by atoms with Crippen molar-refractivity contribution in [2.45, 2.75) is 44.7 Å². The Morgan fingerprint density at radius 1 is 1.59 bits per heavy atom. The summed E-state index contributed by atoms with van der Waals surface area (Å²) in [5.74, 6) is -2.08. The number of ether oxygens (including phenoxy) is 3. The Morgan fingerprint density at radius 3 is 2.82 bits per heavy atom. The summed E-state index contributed by atoms with van der Waals surface area (Å²) in [7, 11) is 0. The van der Waals surface area contributed by atoms with Crippen molar-refractivity contribution < 1.29 is 29.2 Å². The first-order valence-corrected chi connectivity index (χ1v) is 5.74. The Kier molecular flexibility index (Phi) is 5.32. The summed E-state index contributed by atoms with van der Waals surface area (Å²) >= 11 is 0. The van der Waals surface area contributed by atoms with E-state index in [-0.39, 0.29) is 32.3 Å². The van der Waals surface area contributed by atoms with Crippen LogP contribution < -0.4 is 0 Å². The van der Waals surface area contributed by atoms with Gasteiger partial charge in [0.05, 0.1) is 38.4 Å². The molecule has 0 bridgehead atoms. The van der Waals surface area contributed by atoms with E-state index in [1.807, 2.05) is 0 Å². The van der Waals surface area contributed by atoms with Crippen LogP contribution in [-0.2, 0) is 19.0 Å². The molecule has 0 spiro atoms. The lowest BCUT2D eigenvalue weighted by molar-refractivity contribution is -0.213. The van der Waals surface area contributed by atoms with E-state index in [1.165, 1.54) is 6.92 Å². The van der Waals surface area contributed by atoms with Gasteiger partial charge in [-0.15, -0.1) is 0 Å². The van der Waals surface area contributed by atoms with Crippen LogP contribution in [0.3, 0.4) is 0 Å². The second-order valence-corrected chi connectivity index (χ2v) is 4.31. The van der Waals surface area contributed by atoms with Crippen LogP contribution in [0, 0.1) is 0 Å². The minimum absolute atomic E-state index is 0.142. The first-order valence-electron chi connectivity index (χ1n) is 5.74. The molecule has 6 nitrogen and oxygen atoms in total. The van der Waals surface area contributed by atoms with Gasteiger partial charge >= 0.3 is 5.97 Å². The van der Waals surface area contributed by atoms with Gasteiger partial charge in [0.2, 0.25) is 0 Å². The second kappa shape index (κ2) is 6.30. The van der Waals surface area contributed by atoms with E-state index in [9.17, 15) is 15.0 Å². The van der Waals surface area contributed by atoms with E-state index in [1.54, 1.807) is 6.92 Å². The molecule has 1 heterocycles. The van der Waals surface area contributed by atoms with Crippen LogP contribution in [-0.4, -0.2) is 54.0 Å². The SMILES string of the molecule is CCOC(=O)C[C@@](C)(O)OC[C@H]1C[C@H](O)CO1. The zero-order valence-electron chi connectivity index (χ0n) is 10.2. The van der Waals surface area contributed by atoms with Crippen LogP contribution in [0.4, 0.5) is 0 Å². The minimum Gasteiger partial charge on any atom is -0.466 e. The number of carbonyl (C=O) groups excluding carboxylic acids is 1. The van der Waals surface area contributed by atoms with Crippen molar-refractivity contribution in [1.29, 1.82) is 0 Å². The van der Waals surface area contributed by atoms with Crippen molar-refractivity contribution in [3.05, 3.63) is 0 Å². The number of carbonyl (C=O) groups is 1. The summed E-state index contributed by atoms with van der Waals surface area (Å²) in [4.78, 5) is 11.2. The third-order valence-electron chi connectivity index (χ3n) is 2.42. The van der Waals surface area contributed by atoms with Crippen LogP contribution in [0.2, 0.25) is 0 Å². The monoisotopic (exact) mass is 248 g/mol. The molecular formula is C11H20O6. The van der Waals surface area contributed by atoms with Crippen molar-refractivity contribution in [2.24, 2.45) is 0 Å². The van der Waals surface area contributed by atoms with E-state index in [0.29, 0.717) is 6.42 Å². The number of rotatable bonds is 6. The molecule has 0 aromatic heterocycles. The quantitative estimate of drug-likeness (QED) is 0.501. The average molecular weight is 248 g/mol. The number of hydrogen-bond acceptors (Lipinski definition) is 6. The molecule has 1 aliphatic rings. The van der Waals surface area contributed by atoms with Crippen LogP contribution in [0.25, 0.3) is 0 Å². The zero-order chi connectivity index (χ0) is 12.9. The van der Waals surface area contributed by atoms with Gasteiger partial charge in [-0.1, -0.05) is 0 Å². The largest absolute Gasteiger partial charge is 0.466 e. The fourth-order valence-electron chi connectivity index (χ4n) is 1.61. The highest BCUT2D eigenvalue weighted by Crippen LogP contribution is 2.18. The Bertz CT molecular complexity index is 252. The van der Waals surface area contributed by atoms with Crippen molar-refractivity contribution in [1.82, 2.24) is 0 Å². The Hall–Kier alpha value is -0.690. The predicted molar refractivity (Wildman–Crippen MR) is 58.2 cm³/mol. The number of esters is 1. The van der Waals surface area contributed by atoms with E-state index in [0.717, 1.165) is 0 Å². The number of aliphatic hydroxyl groups is 2. The number of aliphatic hydroxyl groups excluding tert-OH is 1. The molecule has 0 aromatic rings. The lowest BCUT2D eigenvalue weighted by Gasteiger charge is -2.24. The third kappa shape index (κ3) is 5.45. The highest BCUT2D eigenvalue weighted by Gasteiger charge is 2.30. The lowest BCUT2D eigenvalue weighted by atomic mass is 10.2. The molecule has 1 rings (SSSR count). The molecule has 1 aliphatic heterocycles. The molecule has 0 saturated carbocycles. The molecule has 1 fully saturated rings. The van der Waals surface area contributed by atoms with Crippen molar-refractivity contribution >= 4 is 5.97 Å². The van der Waals surface area contributed by atoms with E-state index < -0.39 is 17.9 Å². The van der Waals surface area contributed by atoms with Crippen molar-refractivity contribution in [3.8, 4) is 0 Å². The fourth-order valence-corrected chi connectivity index (χ4v) is 1.61. The van der Waals surface area contributed by atoms with E-state index in [2.05, 4.69) is 0 Å². The third-order valence-corrected chi connectivity index (χ3v) is 2.42. The van der Waals surface area contributed by atoms with Gasteiger partial charge in [-0.05, 0) is 13.8 Å². The highest BCUT2D eigenvalue weighted by molar-refractivity contribution is 5.70. The molecule has 0 radical (unpaired) electrons. The Morgan fingerprint density at radius 2 is 2.29 bits per heavy atom. The Balaban J connectivity index is 2.26. The second-order valence-electron chi connectivity index (χ2n) is 4.31. The average Bonchev–Trinajstić information content (AvgIpc) is 2.61. The van der Waals surface area contributed by atoms with Gasteiger partial charge < -0.3 is 24.4 Å². The minimum atomic E-state index is -1.57. The van der Waals surface area contributed by atoms with Gasteiger partial charge in [0.25, 0.3) is 0 Å². The smallest absolute Gasteiger partial charge is 0.311 e. The summed E-state index contributed by atoms with van der Waals surface area (Å²) in [6.07, 6.45) is -0.455. The molecule has 100 valence electrons. The van der Waals surface area contributed by atoms with Gasteiger partial charge in [-0.2, -0.15) is 0 Å². The van der Waals surface area contributed by atoms with Gasteiger partial charge in [0, 0.05) is 6.42 Å². The van der Waals surface area contributed by atoms with Crippen LogP contribution in [0.5, 0.6) is 0 Å². The molecule has 0 unspecified atom stereocenters. The van der Waals surface area contributed by atoms with Gasteiger partial charge in [-0.25, -0.2) is 0 Å². The summed E-state index contributed by atoms with van der Waals surface area (Å²) in [5.41, 5.74) is 0. The van der Waals surface area contributed by atoms with E-state index in [4.69, 9.17) is 14.2 Å². The molecule has 0 amide bonds. The first-order chi connectivity index (χ1) is 7.93. The highest BCUT2D eigenvalue weighted by atomic mass is 16.6. The van der Waals surface area contributed by atoms with Crippen LogP contribution >= 0.6 is 0 Å². The standard InChI is InChI=1S/C11H20O6/c1-3-15-10(13)5-11(2,14)17-7-9-4-8(12)6-16-9/h8-9,12,14H,3-7H2,1-2H3/t8-,9+,11-/m0/s1. The normalized spacial score (nSPS) is 27.8. The van der Waals surface area contributed by atoms with Crippen LogP contribution in [0.15, 0.2) is 0 Å². The zero-order valence-corrected chi connectivity index (χ0v) is 10.2. The van der Waals surface area contributed by atoms with Gasteiger partial charge in [-0.3, -0.25) is 4.79 Å². The lowest BCUT2D eigenvalue weighted by Crippen LogP contribution is -2.35. The summed E-state index contributed by atoms with van der Waals surface area (Å²) in [6, 6.07) is 0. The molecular weight excluding hydrogens is 228 g/mol.